The predicted molar refractivity (Wildman–Crippen MR) is 68.4 cm³/mol. The van der Waals surface area contributed by atoms with Gasteiger partial charge in [0.25, 0.3) is 0 Å². The van der Waals surface area contributed by atoms with E-state index < -0.39 is 5.79 Å². The van der Waals surface area contributed by atoms with Crippen LogP contribution in [0.5, 0.6) is 0 Å². The Labute approximate surface area is 105 Å². The summed E-state index contributed by atoms with van der Waals surface area (Å²) in [4.78, 5) is 9.61. The van der Waals surface area contributed by atoms with Crippen LogP contribution in [-0.4, -0.2) is 17.5 Å². The van der Waals surface area contributed by atoms with E-state index in [-0.39, 0.29) is 0 Å². The summed E-state index contributed by atoms with van der Waals surface area (Å²) >= 11 is 0. The fourth-order valence-corrected chi connectivity index (χ4v) is 2.27. The molecule has 0 amide bonds. The summed E-state index contributed by atoms with van der Waals surface area (Å²) in [6.45, 7) is 2.77. The molecule has 1 saturated heterocycles. The number of rotatable bonds is 10. The molecule has 0 radical (unpaired) electrons. The van der Waals surface area contributed by atoms with Gasteiger partial charge in [-0.15, -0.1) is 0 Å². The fourth-order valence-electron chi connectivity index (χ4n) is 2.27. The Hall–Kier alpha value is -0.120. The molecular weight excluding hydrogens is 216 g/mol. The number of aliphatic hydroxyl groups is 1. The zero-order valence-corrected chi connectivity index (χ0v) is 11.2. The highest BCUT2D eigenvalue weighted by Crippen LogP contribution is 2.26. The minimum Gasteiger partial charge on any atom is -0.363 e. The molecule has 1 fully saturated rings. The molecule has 1 rings (SSSR count). The molecular formula is C14H28O3. The SMILES string of the molecule is CCCCCCCCCCCC1(O)CCOO1. The highest BCUT2D eigenvalue weighted by atomic mass is 17.2. The van der Waals surface area contributed by atoms with Crippen LogP contribution >= 0.6 is 0 Å². The first-order chi connectivity index (χ1) is 8.27. The highest BCUT2D eigenvalue weighted by molar-refractivity contribution is 4.68. The monoisotopic (exact) mass is 244 g/mol. The molecule has 1 aliphatic rings. The molecule has 1 N–H and O–H groups in total. The van der Waals surface area contributed by atoms with Crippen molar-refractivity contribution in [3.05, 3.63) is 0 Å². The Morgan fingerprint density at radius 3 is 2.06 bits per heavy atom. The molecule has 1 heterocycles. The molecule has 0 saturated carbocycles. The van der Waals surface area contributed by atoms with E-state index in [1.165, 1.54) is 51.4 Å². The second-order valence-corrected chi connectivity index (χ2v) is 5.18. The Kier molecular flexibility index (Phi) is 7.82. The lowest BCUT2D eigenvalue weighted by atomic mass is 10.0. The van der Waals surface area contributed by atoms with Crippen molar-refractivity contribution in [3.63, 3.8) is 0 Å². The Morgan fingerprint density at radius 2 is 1.53 bits per heavy atom. The van der Waals surface area contributed by atoms with Gasteiger partial charge in [-0.2, -0.15) is 0 Å². The fraction of sp³-hybridized carbons (Fsp3) is 1.00. The van der Waals surface area contributed by atoms with Gasteiger partial charge in [0.15, 0.2) is 0 Å². The van der Waals surface area contributed by atoms with Gasteiger partial charge < -0.3 is 5.11 Å². The largest absolute Gasteiger partial charge is 0.363 e. The third-order valence-corrected chi connectivity index (χ3v) is 3.46. The maximum atomic E-state index is 9.84. The second kappa shape index (κ2) is 8.90. The van der Waals surface area contributed by atoms with E-state index in [1.54, 1.807) is 0 Å². The summed E-state index contributed by atoms with van der Waals surface area (Å²) in [6, 6.07) is 0. The van der Waals surface area contributed by atoms with E-state index in [0.717, 1.165) is 6.42 Å². The first-order valence-corrected chi connectivity index (χ1v) is 7.30. The van der Waals surface area contributed by atoms with Gasteiger partial charge in [0.05, 0.1) is 6.61 Å². The molecule has 1 unspecified atom stereocenters. The highest BCUT2D eigenvalue weighted by Gasteiger charge is 2.33. The topological polar surface area (TPSA) is 38.7 Å². The van der Waals surface area contributed by atoms with E-state index in [4.69, 9.17) is 9.78 Å². The molecule has 1 atom stereocenters. The van der Waals surface area contributed by atoms with Gasteiger partial charge in [0.2, 0.25) is 5.79 Å². The molecule has 0 aliphatic carbocycles. The normalized spacial score (nSPS) is 24.4. The van der Waals surface area contributed by atoms with Crippen LogP contribution in [0.2, 0.25) is 0 Å². The summed E-state index contributed by atoms with van der Waals surface area (Å²) in [5, 5.41) is 9.84. The van der Waals surface area contributed by atoms with Crippen LogP contribution in [0.15, 0.2) is 0 Å². The van der Waals surface area contributed by atoms with Crippen molar-refractivity contribution in [3.8, 4) is 0 Å². The number of hydrogen-bond acceptors (Lipinski definition) is 3. The maximum absolute atomic E-state index is 9.84. The molecule has 0 bridgehead atoms. The van der Waals surface area contributed by atoms with Gasteiger partial charge in [-0.05, 0) is 6.42 Å². The average molecular weight is 244 g/mol. The number of hydrogen-bond donors (Lipinski definition) is 1. The second-order valence-electron chi connectivity index (χ2n) is 5.18. The standard InChI is InChI=1S/C14H28O3/c1-2-3-4-5-6-7-8-9-10-11-14(15)12-13-16-17-14/h15H,2-13H2,1H3. The van der Waals surface area contributed by atoms with Crippen LogP contribution in [0, 0.1) is 0 Å². The molecule has 3 heteroatoms. The van der Waals surface area contributed by atoms with E-state index in [1.807, 2.05) is 0 Å². The predicted octanol–water partition coefficient (Wildman–Crippen LogP) is 3.95. The lowest BCUT2D eigenvalue weighted by Crippen LogP contribution is -2.26. The van der Waals surface area contributed by atoms with Crippen molar-refractivity contribution >= 4 is 0 Å². The molecule has 0 aromatic heterocycles. The number of unbranched alkanes of at least 4 members (excludes halogenated alkanes) is 8. The third-order valence-electron chi connectivity index (χ3n) is 3.46. The van der Waals surface area contributed by atoms with E-state index in [0.29, 0.717) is 19.4 Å². The molecule has 1 aliphatic heterocycles. The van der Waals surface area contributed by atoms with Crippen LogP contribution in [-0.2, 0) is 9.78 Å². The van der Waals surface area contributed by atoms with Crippen molar-refractivity contribution in [1.29, 1.82) is 0 Å². The lowest BCUT2D eigenvalue weighted by molar-refractivity contribution is -0.368. The van der Waals surface area contributed by atoms with Crippen LogP contribution in [0.1, 0.15) is 77.6 Å². The summed E-state index contributed by atoms with van der Waals surface area (Å²) in [6.07, 6.45) is 13.0. The smallest absolute Gasteiger partial charge is 0.201 e. The Bertz CT molecular complexity index is 176. The van der Waals surface area contributed by atoms with Crippen molar-refractivity contribution < 1.29 is 14.9 Å². The van der Waals surface area contributed by atoms with Crippen LogP contribution in [0.25, 0.3) is 0 Å². The zero-order chi connectivity index (χ0) is 12.4. The average Bonchev–Trinajstić information content (AvgIpc) is 2.74. The van der Waals surface area contributed by atoms with Crippen molar-refractivity contribution in [2.45, 2.75) is 83.3 Å². The van der Waals surface area contributed by atoms with E-state index in [2.05, 4.69) is 6.92 Å². The maximum Gasteiger partial charge on any atom is 0.201 e. The Balaban J connectivity index is 1.81. The van der Waals surface area contributed by atoms with Gasteiger partial charge in [0.1, 0.15) is 0 Å². The molecule has 0 spiro atoms. The lowest BCUT2D eigenvalue weighted by Gasteiger charge is -2.17. The van der Waals surface area contributed by atoms with Crippen molar-refractivity contribution in [2.24, 2.45) is 0 Å². The quantitative estimate of drug-likeness (QED) is 0.467. The van der Waals surface area contributed by atoms with E-state index >= 15 is 0 Å². The third kappa shape index (κ3) is 7.02. The van der Waals surface area contributed by atoms with Gasteiger partial charge >= 0.3 is 0 Å². The summed E-state index contributed by atoms with van der Waals surface area (Å²) in [5.74, 6) is -0.985. The van der Waals surface area contributed by atoms with Gasteiger partial charge in [-0.3, -0.25) is 0 Å². The van der Waals surface area contributed by atoms with Crippen LogP contribution in [0.3, 0.4) is 0 Å². The summed E-state index contributed by atoms with van der Waals surface area (Å²) < 4.78 is 0. The summed E-state index contributed by atoms with van der Waals surface area (Å²) in [7, 11) is 0. The van der Waals surface area contributed by atoms with E-state index in [9.17, 15) is 5.11 Å². The molecule has 3 nitrogen and oxygen atoms in total. The van der Waals surface area contributed by atoms with Crippen LogP contribution < -0.4 is 0 Å². The zero-order valence-electron chi connectivity index (χ0n) is 11.2. The first kappa shape index (κ1) is 14.9. The Morgan fingerprint density at radius 1 is 0.941 bits per heavy atom. The first-order valence-electron chi connectivity index (χ1n) is 7.30. The van der Waals surface area contributed by atoms with Gasteiger partial charge in [-0.1, -0.05) is 58.3 Å². The van der Waals surface area contributed by atoms with Crippen molar-refractivity contribution in [2.75, 3.05) is 6.61 Å². The van der Waals surface area contributed by atoms with Crippen LogP contribution in [0.4, 0.5) is 0 Å². The molecule has 17 heavy (non-hydrogen) atoms. The minimum absolute atomic E-state index is 0.522. The molecule has 102 valence electrons. The molecule has 0 aromatic rings. The minimum atomic E-state index is -0.985. The van der Waals surface area contributed by atoms with Crippen molar-refractivity contribution in [1.82, 2.24) is 0 Å². The van der Waals surface area contributed by atoms with Gasteiger partial charge in [0, 0.05) is 12.8 Å². The summed E-state index contributed by atoms with van der Waals surface area (Å²) in [5.41, 5.74) is 0. The van der Waals surface area contributed by atoms with Gasteiger partial charge in [-0.25, -0.2) is 9.78 Å². The molecule has 0 aromatic carbocycles.